The van der Waals surface area contributed by atoms with Gasteiger partial charge in [-0.3, -0.25) is 0 Å². The van der Waals surface area contributed by atoms with E-state index in [0.717, 1.165) is 16.6 Å². The van der Waals surface area contributed by atoms with Crippen LogP contribution in [0.1, 0.15) is 5.56 Å². The van der Waals surface area contributed by atoms with E-state index >= 15 is 0 Å². The highest BCUT2D eigenvalue weighted by Crippen LogP contribution is 2.26. The third-order valence-corrected chi connectivity index (χ3v) is 2.35. The van der Waals surface area contributed by atoms with Crippen LogP contribution >= 0.6 is 15.9 Å². The van der Waals surface area contributed by atoms with Gasteiger partial charge in [0.2, 0.25) is 0 Å². The molecule has 1 rings (SSSR count). The summed E-state index contributed by atoms with van der Waals surface area (Å²) < 4.78 is 0.722. The molecule has 4 heteroatoms. The first-order chi connectivity index (χ1) is 6.25. The minimum absolute atomic E-state index is 0.298. The standard InChI is InChI=1S/C9H13BrN2O/c10-8-3-1-2-7(9(8)13)6-12-5-4-11/h1-3,12-13H,4-6,11H2. The number of hydrogen-bond donors (Lipinski definition) is 3. The average Bonchev–Trinajstić information content (AvgIpc) is 2.13. The zero-order valence-electron chi connectivity index (χ0n) is 7.26. The van der Waals surface area contributed by atoms with Crippen molar-refractivity contribution in [2.24, 2.45) is 5.73 Å². The molecular weight excluding hydrogens is 232 g/mol. The molecule has 0 aromatic heterocycles. The molecule has 1 aromatic rings. The molecule has 0 fully saturated rings. The molecule has 0 saturated carbocycles. The molecule has 0 bridgehead atoms. The summed E-state index contributed by atoms with van der Waals surface area (Å²) in [5.41, 5.74) is 6.20. The van der Waals surface area contributed by atoms with Gasteiger partial charge in [-0.15, -0.1) is 0 Å². The molecule has 1 aromatic carbocycles. The second-order valence-electron chi connectivity index (χ2n) is 2.71. The Labute approximate surface area is 86.1 Å². The number of phenols is 1. The fourth-order valence-electron chi connectivity index (χ4n) is 1.03. The first-order valence-corrected chi connectivity index (χ1v) is 4.92. The Hall–Kier alpha value is -0.580. The number of phenolic OH excluding ortho intramolecular Hbond substituents is 1. The predicted octanol–water partition coefficient (Wildman–Crippen LogP) is 1.20. The number of rotatable bonds is 4. The Morgan fingerprint density at radius 3 is 2.92 bits per heavy atom. The van der Waals surface area contributed by atoms with Crippen LogP contribution in [0.3, 0.4) is 0 Å². The van der Waals surface area contributed by atoms with Crippen LogP contribution in [0.4, 0.5) is 0 Å². The molecule has 0 radical (unpaired) electrons. The lowest BCUT2D eigenvalue weighted by atomic mass is 10.2. The Kier molecular flexibility index (Phi) is 4.21. The van der Waals surface area contributed by atoms with Gasteiger partial charge in [0.1, 0.15) is 5.75 Å². The van der Waals surface area contributed by atoms with Gasteiger partial charge in [0.05, 0.1) is 4.47 Å². The van der Waals surface area contributed by atoms with Crippen molar-refractivity contribution in [1.29, 1.82) is 0 Å². The van der Waals surface area contributed by atoms with Crippen molar-refractivity contribution in [1.82, 2.24) is 5.32 Å². The lowest BCUT2D eigenvalue weighted by molar-refractivity contribution is 0.461. The van der Waals surface area contributed by atoms with E-state index < -0.39 is 0 Å². The van der Waals surface area contributed by atoms with Gasteiger partial charge in [-0.05, 0) is 22.0 Å². The van der Waals surface area contributed by atoms with Crippen molar-refractivity contribution in [3.8, 4) is 5.75 Å². The molecule has 72 valence electrons. The Morgan fingerprint density at radius 2 is 2.23 bits per heavy atom. The maximum atomic E-state index is 9.58. The highest BCUT2D eigenvalue weighted by atomic mass is 79.9. The van der Waals surface area contributed by atoms with Gasteiger partial charge in [-0.2, -0.15) is 0 Å². The number of nitrogens with one attached hydrogen (secondary N) is 1. The molecule has 0 heterocycles. The van der Waals surface area contributed by atoms with Crippen LogP contribution in [0.25, 0.3) is 0 Å². The summed E-state index contributed by atoms with van der Waals surface area (Å²) in [5.74, 6) is 0.298. The third-order valence-electron chi connectivity index (χ3n) is 1.71. The van der Waals surface area contributed by atoms with Crippen LogP contribution in [0, 0.1) is 0 Å². The van der Waals surface area contributed by atoms with Gasteiger partial charge in [-0.1, -0.05) is 12.1 Å². The zero-order valence-corrected chi connectivity index (χ0v) is 8.84. The summed E-state index contributed by atoms with van der Waals surface area (Å²) >= 11 is 3.25. The van der Waals surface area contributed by atoms with Crippen LogP contribution in [0.2, 0.25) is 0 Å². The smallest absolute Gasteiger partial charge is 0.134 e. The van der Waals surface area contributed by atoms with E-state index in [4.69, 9.17) is 5.73 Å². The summed E-state index contributed by atoms with van der Waals surface area (Å²) in [6, 6.07) is 5.58. The normalized spacial score (nSPS) is 10.3. The SMILES string of the molecule is NCCNCc1cccc(Br)c1O. The second-order valence-corrected chi connectivity index (χ2v) is 3.57. The summed E-state index contributed by atoms with van der Waals surface area (Å²) in [7, 11) is 0. The van der Waals surface area contributed by atoms with Gasteiger partial charge >= 0.3 is 0 Å². The quantitative estimate of drug-likeness (QED) is 0.698. The molecule has 13 heavy (non-hydrogen) atoms. The minimum Gasteiger partial charge on any atom is -0.506 e. The summed E-state index contributed by atoms with van der Waals surface area (Å²) in [4.78, 5) is 0. The van der Waals surface area contributed by atoms with E-state index in [9.17, 15) is 5.11 Å². The molecule has 4 N–H and O–H groups in total. The van der Waals surface area contributed by atoms with Gasteiger partial charge < -0.3 is 16.2 Å². The maximum absolute atomic E-state index is 9.58. The van der Waals surface area contributed by atoms with E-state index in [-0.39, 0.29) is 0 Å². The summed E-state index contributed by atoms with van der Waals surface area (Å²) in [6.07, 6.45) is 0. The van der Waals surface area contributed by atoms with Crippen molar-refractivity contribution in [2.45, 2.75) is 6.54 Å². The maximum Gasteiger partial charge on any atom is 0.134 e. The Morgan fingerprint density at radius 1 is 1.46 bits per heavy atom. The van der Waals surface area contributed by atoms with Gasteiger partial charge in [0.15, 0.2) is 0 Å². The van der Waals surface area contributed by atoms with E-state index in [0.29, 0.717) is 18.8 Å². The van der Waals surface area contributed by atoms with Crippen LogP contribution in [0.15, 0.2) is 22.7 Å². The van der Waals surface area contributed by atoms with Crippen LogP contribution in [-0.2, 0) is 6.54 Å². The molecule has 3 nitrogen and oxygen atoms in total. The van der Waals surface area contributed by atoms with Gasteiger partial charge in [0, 0.05) is 25.2 Å². The molecule has 0 atom stereocenters. The number of halogens is 1. The van der Waals surface area contributed by atoms with Crippen molar-refractivity contribution < 1.29 is 5.11 Å². The molecule has 0 aliphatic heterocycles. The first kappa shape index (κ1) is 10.5. The highest BCUT2D eigenvalue weighted by molar-refractivity contribution is 9.10. The van der Waals surface area contributed by atoms with Crippen molar-refractivity contribution in [3.05, 3.63) is 28.2 Å². The van der Waals surface area contributed by atoms with Crippen molar-refractivity contribution >= 4 is 15.9 Å². The molecule has 0 saturated heterocycles. The fraction of sp³-hybridized carbons (Fsp3) is 0.333. The summed E-state index contributed by atoms with van der Waals surface area (Å²) in [5, 5.41) is 12.7. The second kappa shape index (κ2) is 5.21. The van der Waals surface area contributed by atoms with E-state index in [2.05, 4.69) is 21.2 Å². The van der Waals surface area contributed by atoms with E-state index in [1.54, 1.807) is 0 Å². The lowest BCUT2D eigenvalue weighted by Gasteiger charge is -2.06. The largest absolute Gasteiger partial charge is 0.506 e. The number of nitrogens with two attached hydrogens (primary N) is 1. The molecule has 0 unspecified atom stereocenters. The van der Waals surface area contributed by atoms with Crippen LogP contribution in [0.5, 0.6) is 5.75 Å². The Balaban J connectivity index is 2.61. The molecule has 0 spiro atoms. The van der Waals surface area contributed by atoms with Crippen LogP contribution in [-0.4, -0.2) is 18.2 Å². The molecular formula is C9H13BrN2O. The number of para-hydroxylation sites is 1. The fourth-order valence-corrected chi connectivity index (χ4v) is 1.44. The van der Waals surface area contributed by atoms with Gasteiger partial charge in [0.25, 0.3) is 0 Å². The predicted molar refractivity (Wildman–Crippen MR) is 56.6 cm³/mol. The lowest BCUT2D eigenvalue weighted by Crippen LogP contribution is -2.21. The van der Waals surface area contributed by atoms with E-state index in [1.807, 2.05) is 18.2 Å². The van der Waals surface area contributed by atoms with Crippen molar-refractivity contribution in [3.63, 3.8) is 0 Å². The monoisotopic (exact) mass is 244 g/mol. The average molecular weight is 245 g/mol. The minimum atomic E-state index is 0.298. The first-order valence-electron chi connectivity index (χ1n) is 4.13. The zero-order chi connectivity index (χ0) is 9.68. The third kappa shape index (κ3) is 2.99. The number of aromatic hydroxyl groups is 1. The molecule has 0 amide bonds. The van der Waals surface area contributed by atoms with Gasteiger partial charge in [-0.25, -0.2) is 0 Å². The van der Waals surface area contributed by atoms with Crippen molar-refractivity contribution in [2.75, 3.05) is 13.1 Å². The van der Waals surface area contributed by atoms with Crippen LogP contribution < -0.4 is 11.1 Å². The highest BCUT2D eigenvalue weighted by Gasteiger charge is 2.02. The Bertz CT molecular complexity index is 278. The topological polar surface area (TPSA) is 58.3 Å². The summed E-state index contributed by atoms with van der Waals surface area (Å²) in [6.45, 7) is 2.00. The number of hydrogen-bond acceptors (Lipinski definition) is 3. The molecule has 0 aliphatic carbocycles. The number of benzene rings is 1. The molecule has 0 aliphatic rings. The van der Waals surface area contributed by atoms with E-state index in [1.165, 1.54) is 0 Å².